The van der Waals surface area contributed by atoms with Crippen LogP contribution >= 0.6 is 0 Å². The second-order valence-electron chi connectivity index (χ2n) is 20.5. The van der Waals surface area contributed by atoms with E-state index < -0.39 is 5.41 Å². The van der Waals surface area contributed by atoms with Gasteiger partial charge in [-0.1, -0.05) is 214 Å². The van der Waals surface area contributed by atoms with Crippen LogP contribution in [0.25, 0.3) is 54.9 Å². The highest BCUT2D eigenvalue weighted by Gasteiger charge is 2.47. The van der Waals surface area contributed by atoms with Gasteiger partial charge in [0.25, 0.3) is 0 Å². The van der Waals surface area contributed by atoms with Gasteiger partial charge in [0.15, 0.2) is 0 Å². The third-order valence-electron chi connectivity index (χ3n) is 16.1. The molecule has 0 saturated heterocycles. The number of benzene rings is 12. The minimum atomic E-state index is -0.609. The highest BCUT2D eigenvalue weighted by Crippen LogP contribution is 2.59. The van der Waals surface area contributed by atoms with E-state index in [0.717, 1.165) is 34.1 Å². The van der Waals surface area contributed by atoms with Crippen molar-refractivity contribution in [3.63, 3.8) is 0 Å². The lowest BCUT2D eigenvalue weighted by Gasteiger charge is -2.35. The molecule has 0 amide bonds. The first-order valence-corrected chi connectivity index (χ1v) is 25.8. The minimum Gasteiger partial charge on any atom is -0.310 e. The predicted molar refractivity (Wildman–Crippen MR) is 311 cm³/mol. The van der Waals surface area contributed by atoms with Crippen LogP contribution in [0.1, 0.15) is 47.2 Å². The lowest BCUT2D eigenvalue weighted by atomic mass is 9.67. The number of fused-ring (bicyclic) bond motifs is 9. The zero-order valence-electron chi connectivity index (χ0n) is 41.5. The molecule has 0 fully saturated rings. The van der Waals surface area contributed by atoms with Gasteiger partial charge >= 0.3 is 0 Å². The summed E-state index contributed by atoms with van der Waals surface area (Å²) in [6.07, 6.45) is 0. The van der Waals surface area contributed by atoms with E-state index in [1.807, 2.05) is 0 Å². The van der Waals surface area contributed by atoms with Crippen LogP contribution in [0, 0.1) is 0 Å². The molecular weight excluding hydrogens is 893 g/mol. The van der Waals surface area contributed by atoms with Crippen molar-refractivity contribution in [3.05, 3.63) is 312 Å². The maximum absolute atomic E-state index is 2.50. The molecule has 0 saturated carbocycles. The average Bonchev–Trinajstić information content (AvgIpc) is 3.99. The Labute approximate surface area is 433 Å². The second kappa shape index (κ2) is 17.2. The molecule has 0 bridgehead atoms. The molecule has 0 unspecified atom stereocenters. The van der Waals surface area contributed by atoms with Crippen LogP contribution in [-0.2, 0) is 10.8 Å². The van der Waals surface area contributed by atoms with Crippen LogP contribution in [-0.4, -0.2) is 0 Å². The topological polar surface area (TPSA) is 6.48 Å². The normalized spacial score (nSPS) is 13.5. The molecule has 12 aromatic carbocycles. The molecule has 2 heteroatoms. The first kappa shape index (κ1) is 43.5. The molecule has 0 atom stereocenters. The summed E-state index contributed by atoms with van der Waals surface area (Å²) >= 11 is 0. The smallest absolute Gasteiger partial charge is 0.0714 e. The van der Waals surface area contributed by atoms with E-state index in [-0.39, 0.29) is 5.41 Å². The van der Waals surface area contributed by atoms with Crippen molar-refractivity contribution in [1.82, 2.24) is 0 Å². The second-order valence-corrected chi connectivity index (χ2v) is 20.5. The highest BCUT2D eigenvalue weighted by molar-refractivity contribution is 6.10. The van der Waals surface area contributed by atoms with Crippen molar-refractivity contribution in [2.75, 3.05) is 9.80 Å². The van der Waals surface area contributed by atoms with Gasteiger partial charge in [-0.2, -0.15) is 0 Å². The van der Waals surface area contributed by atoms with Gasteiger partial charge in [0.1, 0.15) is 0 Å². The van der Waals surface area contributed by atoms with Gasteiger partial charge in [0, 0.05) is 39.5 Å². The summed E-state index contributed by atoms with van der Waals surface area (Å²) in [5.41, 5.74) is 21.1. The Morgan fingerprint density at radius 2 is 0.730 bits per heavy atom. The molecular formula is C72H52N2. The summed E-state index contributed by atoms with van der Waals surface area (Å²) in [6.45, 7) is 4.70. The summed E-state index contributed by atoms with van der Waals surface area (Å²) in [7, 11) is 0. The number of anilines is 6. The van der Waals surface area contributed by atoms with Crippen LogP contribution in [0.4, 0.5) is 34.1 Å². The standard InChI is InChI=1S/C72H52N2/c1-71(2)67-33-18-17-32-62(67)66-46-59(41-43-68(66)71)74(56-38-36-50(37-39-56)49-20-7-3-8-21-49)58-30-19-29-57(45-58)73(55-27-13-6-14-28-55)60-40-42-63-65-44-52-35-34-51-22-15-16-31-61(51)64(52)48-70(65)72(69(63)47-60,53-23-9-4-10-24-53)54-25-11-5-12-26-54/h3-48H,1-2H3. The van der Waals surface area contributed by atoms with E-state index in [1.54, 1.807) is 0 Å². The number of rotatable bonds is 9. The molecule has 0 radical (unpaired) electrons. The van der Waals surface area contributed by atoms with E-state index in [4.69, 9.17) is 0 Å². The van der Waals surface area contributed by atoms with Crippen LogP contribution in [0.5, 0.6) is 0 Å². The van der Waals surface area contributed by atoms with E-state index in [2.05, 4.69) is 303 Å². The third kappa shape index (κ3) is 6.79. The van der Waals surface area contributed by atoms with Gasteiger partial charge < -0.3 is 9.80 Å². The van der Waals surface area contributed by atoms with Crippen molar-refractivity contribution in [1.29, 1.82) is 0 Å². The van der Waals surface area contributed by atoms with Crippen molar-refractivity contribution in [2.45, 2.75) is 24.7 Å². The Balaban J connectivity index is 0.972. The molecule has 2 nitrogen and oxygen atoms in total. The lowest BCUT2D eigenvalue weighted by Crippen LogP contribution is -2.28. The van der Waals surface area contributed by atoms with E-state index in [1.165, 1.54) is 88.3 Å². The first-order chi connectivity index (χ1) is 36.4. The van der Waals surface area contributed by atoms with Crippen LogP contribution in [0.2, 0.25) is 0 Å². The van der Waals surface area contributed by atoms with E-state index in [9.17, 15) is 0 Å². The quantitative estimate of drug-likeness (QED) is 0.133. The zero-order chi connectivity index (χ0) is 49.4. The Kier molecular flexibility index (Phi) is 10.1. The molecule has 14 rings (SSSR count). The third-order valence-corrected chi connectivity index (χ3v) is 16.1. The average molecular weight is 945 g/mol. The van der Waals surface area contributed by atoms with Crippen LogP contribution < -0.4 is 9.80 Å². The molecule has 0 aliphatic heterocycles. The van der Waals surface area contributed by atoms with Gasteiger partial charge in [0.2, 0.25) is 0 Å². The molecule has 0 heterocycles. The Morgan fingerprint density at radius 1 is 0.257 bits per heavy atom. The van der Waals surface area contributed by atoms with Gasteiger partial charge in [-0.15, -0.1) is 0 Å². The maximum Gasteiger partial charge on any atom is 0.0714 e. The largest absolute Gasteiger partial charge is 0.310 e. The SMILES string of the molecule is CC1(C)c2ccccc2-c2cc(N(c3ccc(-c4ccccc4)cc3)c3cccc(N(c4ccccc4)c4ccc5c(c4)C(c4ccccc4)(c4ccccc4)c4cc6c(ccc7ccccc76)cc4-5)c3)ccc21. The molecule has 0 N–H and O–H groups in total. The van der Waals surface area contributed by atoms with Gasteiger partial charge in [-0.25, -0.2) is 0 Å². The number of hydrogen-bond donors (Lipinski definition) is 0. The Bertz CT molecular complexity index is 4050. The Morgan fingerprint density at radius 3 is 1.45 bits per heavy atom. The molecule has 2 aliphatic rings. The van der Waals surface area contributed by atoms with Crippen molar-refractivity contribution in [3.8, 4) is 33.4 Å². The van der Waals surface area contributed by atoms with Crippen molar-refractivity contribution < 1.29 is 0 Å². The lowest BCUT2D eigenvalue weighted by molar-refractivity contribution is 0.660. The zero-order valence-corrected chi connectivity index (χ0v) is 41.5. The molecule has 350 valence electrons. The first-order valence-electron chi connectivity index (χ1n) is 25.8. The molecule has 12 aromatic rings. The fraction of sp³-hybridized carbons (Fsp3) is 0.0556. The summed E-state index contributed by atoms with van der Waals surface area (Å²) in [4.78, 5) is 4.87. The summed E-state index contributed by atoms with van der Waals surface area (Å²) in [5.74, 6) is 0. The van der Waals surface area contributed by atoms with Crippen molar-refractivity contribution in [2.24, 2.45) is 0 Å². The maximum atomic E-state index is 2.50. The fourth-order valence-corrected chi connectivity index (χ4v) is 12.6. The van der Waals surface area contributed by atoms with Gasteiger partial charge in [0.05, 0.1) is 5.41 Å². The number of nitrogens with zero attached hydrogens (tertiary/aromatic N) is 2. The monoisotopic (exact) mass is 944 g/mol. The molecule has 0 spiro atoms. The Hall–Kier alpha value is -9.24. The fourth-order valence-electron chi connectivity index (χ4n) is 12.6. The predicted octanol–water partition coefficient (Wildman–Crippen LogP) is 19.3. The number of para-hydroxylation sites is 1. The molecule has 74 heavy (non-hydrogen) atoms. The van der Waals surface area contributed by atoms with E-state index >= 15 is 0 Å². The summed E-state index contributed by atoms with van der Waals surface area (Å²) < 4.78 is 0. The molecule has 2 aliphatic carbocycles. The van der Waals surface area contributed by atoms with Crippen LogP contribution in [0.3, 0.4) is 0 Å². The summed E-state index contributed by atoms with van der Waals surface area (Å²) in [6, 6.07) is 104. The van der Waals surface area contributed by atoms with Crippen molar-refractivity contribution >= 4 is 55.7 Å². The minimum absolute atomic E-state index is 0.0968. The molecule has 0 aromatic heterocycles. The van der Waals surface area contributed by atoms with Gasteiger partial charge in [-0.05, 0) is 167 Å². The summed E-state index contributed by atoms with van der Waals surface area (Å²) in [5, 5.41) is 5.03. The number of hydrogen-bond acceptors (Lipinski definition) is 2. The van der Waals surface area contributed by atoms with Gasteiger partial charge in [-0.3, -0.25) is 0 Å². The highest BCUT2D eigenvalue weighted by atomic mass is 15.2. The van der Waals surface area contributed by atoms with Crippen LogP contribution in [0.15, 0.2) is 279 Å². The van der Waals surface area contributed by atoms with E-state index in [0.29, 0.717) is 0 Å².